The van der Waals surface area contributed by atoms with Gasteiger partial charge in [-0.1, -0.05) is 40.2 Å². The van der Waals surface area contributed by atoms with Crippen LogP contribution in [0.2, 0.25) is 0 Å². The smallest absolute Gasteiger partial charge is 0.270 e. The topological polar surface area (TPSA) is 102 Å². The Morgan fingerprint density at radius 3 is 2.69 bits per heavy atom. The highest BCUT2D eigenvalue weighted by Gasteiger charge is 2.13. The molecule has 4 aromatic carbocycles. The summed E-state index contributed by atoms with van der Waals surface area (Å²) >= 11 is 3.58. The number of phenols is 1. The second kappa shape index (κ2) is 7.90. The lowest BCUT2D eigenvalue weighted by atomic mass is 10.0. The minimum Gasteiger partial charge on any atom is -0.507 e. The molecule has 0 saturated carbocycles. The zero-order valence-corrected chi connectivity index (χ0v) is 18.0. The van der Waals surface area contributed by atoms with Crippen molar-refractivity contribution in [3.8, 4) is 17.2 Å². The van der Waals surface area contributed by atoms with Gasteiger partial charge in [-0.05, 0) is 47.2 Å². The summed E-state index contributed by atoms with van der Waals surface area (Å²) in [5.41, 5.74) is 2.83. The third kappa shape index (κ3) is 3.61. The molecule has 0 amide bonds. The van der Waals surface area contributed by atoms with E-state index in [2.05, 4.69) is 25.9 Å². The van der Waals surface area contributed by atoms with Crippen molar-refractivity contribution in [1.29, 1.82) is 0 Å². The molecule has 1 N–H and O–H groups in total. The highest BCUT2D eigenvalue weighted by molar-refractivity contribution is 9.10. The molecule has 0 fully saturated rings. The number of fused-ring (bicyclic) bond motifs is 2. The summed E-state index contributed by atoms with van der Waals surface area (Å²) in [7, 11) is 0. The zero-order chi connectivity index (χ0) is 22.2. The number of nitro benzene ring substituents is 1. The summed E-state index contributed by atoms with van der Waals surface area (Å²) < 4.78 is 6.98. The quantitative estimate of drug-likeness (QED) is 0.171. The van der Waals surface area contributed by atoms with Gasteiger partial charge in [0, 0.05) is 33.9 Å². The highest BCUT2D eigenvalue weighted by atomic mass is 79.9. The molecule has 0 unspecified atom stereocenters. The Morgan fingerprint density at radius 2 is 1.84 bits per heavy atom. The van der Waals surface area contributed by atoms with Crippen LogP contribution in [0.1, 0.15) is 5.56 Å². The predicted molar refractivity (Wildman–Crippen MR) is 127 cm³/mol. The Morgan fingerprint density at radius 1 is 1.03 bits per heavy atom. The highest BCUT2D eigenvalue weighted by Crippen LogP contribution is 2.34. The number of oxazole rings is 1. The second-order valence-electron chi connectivity index (χ2n) is 7.07. The van der Waals surface area contributed by atoms with Crippen LogP contribution in [-0.4, -0.2) is 21.2 Å². The molecule has 7 nitrogen and oxygen atoms in total. The van der Waals surface area contributed by atoms with Crippen LogP contribution in [0.25, 0.3) is 33.3 Å². The van der Waals surface area contributed by atoms with Gasteiger partial charge in [-0.15, -0.1) is 0 Å². The number of hydrogen-bond acceptors (Lipinski definition) is 6. The minimum atomic E-state index is -0.522. The van der Waals surface area contributed by atoms with Crippen LogP contribution in [0.4, 0.5) is 11.4 Å². The van der Waals surface area contributed by atoms with Crippen LogP contribution in [0.15, 0.2) is 86.7 Å². The van der Waals surface area contributed by atoms with Crippen molar-refractivity contribution in [3.63, 3.8) is 0 Å². The van der Waals surface area contributed by atoms with Crippen molar-refractivity contribution in [1.82, 2.24) is 4.98 Å². The first-order valence-corrected chi connectivity index (χ1v) is 10.4. The number of non-ortho nitro benzene ring substituents is 1. The second-order valence-corrected chi connectivity index (χ2v) is 7.92. The van der Waals surface area contributed by atoms with Gasteiger partial charge in [0.05, 0.1) is 10.6 Å². The molecular formula is C24H14BrN3O4. The Balaban J connectivity index is 1.52. The van der Waals surface area contributed by atoms with Crippen LogP contribution in [0.5, 0.6) is 5.75 Å². The van der Waals surface area contributed by atoms with Crippen molar-refractivity contribution >= 4 is 55.4 Å². The molecule has 32 heavy (non-hydrogen) atoms. The Bertz CT molecular complexity index is 1540. The number of aliphatic imine (C=N–C) groups is 1. The molecule has 0 spiro atoms. The molecule has 0 saturated heterocycles. The summed E-state index contributed by atoms with van der Waals surface area (Å²) in [6, 6.07) is 21.0. The molecule has 5 aromatic rings. The molecule has 0 aliphatic carbocycles. The van der Waals surface area contributed by atoms with E-state index >= 15 is 0 Å². The third-order valence-electron chi connectivity index (χ3n) is 5.05. The maximum atomic E-state index is 11.0. The van der Waals surface area contributed by atoms with E-state index in [1.807, 2.05) is 36.4 Å². The SMILES string of the molecule is O=[N+]([O-])c1ccc(O)c(C=Nc2ccc3oc(-c4cccc5c(Br)cccc45)nc3c2)c1. The van der Waals surface area contributed by atoms with Gasteiger partial charge < -0.3 is 9.52 Å². The summed E-state index contributed by atoms with van der Waals surface area (Å²) in [5.74, 6) is 0.410. The van der Waals surface area contributed by atoms with Gasteiger partial charge in [0.25, 0.3) is 5.69 Å². The zero-order valence-electron chi connectivity index (χ0n) is 16.4. The summed E-state index contributed by atoms with van der Waals surface area (Å²) in [5, 5.41) is 23.0. The Labute approximate surface area is 189 Å². The maximum absolute atomic E-state index is 11.0. The number of aromatic nitrogens is 1. The Hall–Kier alpha value is -4.04. The summed E-state index contributed by atoms with van der Waals surface area (Å²) in [6.07, 6.45) is 1.38. The lowest BCUT2D eigenvalue weighted by Crippen LogP contribution is -1.90. The van der Waals surface area contributed by atoms with Gasteiger partial charge in [-0.2, -0.15) is 0 Å². The van der Waals surface area contributed by atoms with Crippen molar-refractivity contribution in [2.45, 2.75) is 0 Å². The maximum Gasteiger partial charge on any atom is 0.270 e. The van der Waals surface area contributed by atoms with E-state index in [0.717, 1.165) is 20.8 Å². The van der Waals surface area contributed by atoms with Gasteiger partial charge in [0.15, 0.2) is 5.58 Å². The first kappa shape index (κ1) is 19.9. The number of rotatable bonds is 4. The number of halogens is 1. The molecule has 0 aliphatic rings. The van der Waals surface area contributed by atoms with Crippen LogP contribution in [0.3, 0.4) is 0 Å². The standard InChI is InChI=1S/C24H14BrN3O4/c25-20-6-2-3-17-18(20)4-1-5-19(17)24-27-21-12-15(7-10-23(21)32-24)26-13-14-11-16(28(30)31)8-9-22(14)29/h1-13,29H. The molecule has 5 rings (SSSR count). The van der Waals surface area contributed by atoms with E-state index in [1.54, 1.807) is 18.2 Å². The fourth-order valence-electron chi connectivity index (χ4n) is 3.47. The summed E-state index contributed by atoms with van der Waals surface area (Å²) in [4.78, 5) is 19.4. The van der Waals surface area contributed by atoms with Gasteiger partial charge in [-0.25, -0.2) is 4.98 Å². The van der Waals surface area contributed by atoms with Crippen LogP contribution < -0.4 is 0 Å². The number of hydrogen-bond donors (Lipinski definition) is 1. The number of aromatic hydroxyl groups is 1. The van der Waals surface area contributed by atoms with Crippen molar-refractivity contribution < 1.29 is 14.4 Å². The average molecular weight is 488 g/mol. The van der Waals surface area contributed by atoms with Gasteiger partial charge in [0.1, 0.15) is 11.3 Å². The van der Waals surface area contributed by atoms with Gasteiger partial charge >= 0.3 is 0 Å². The summed E-state index contributed by atoms with van der Waals surface area (Å²) in [6.45, 7) is 0. The monoisotopic (exact) mass is 487 g/mol. The number of benzene rings is 4. The molecule has 1 heterocycles. The fraction of sp³-hybridized carbons (Fsp3) is 0. The lowest BCUT2D eigenvalue weighted by molar-refractivity contribution is -0.384. The normalized spacial score (nSPS) is 11.5. The largest absolute Gasteiger partial charge is 0.507 e. The molecular weight excluding hydrogens is 474 g/mol. The van der Waals surface area contributed by atoms with Crippen LogP contribution >= 0.6 is 15.9 Å². The molecule has 0 aliphatic heterocycles. The Kier molecular flexibility index (Phi) is 4.91. The molecule has 0 atom stereocenters. The van der Waals surface area contributed by atoms with E-state index in [0.29, 0.717) is 22.7 Å². The molecule has 156 valence electrons. The van der Waals surface area contributed by atoms with Crippen molar-refractivity contribution in [2.24, 2.45) is 4.99 Å². The van der Waals surface area contributed by atoms with E-state index in [4.69, 9.17) is 4.42 Å². The van der Waals surface area contributed by atoms with Crippen LogP contribution in [-0.2, 0) is 0 Å². The van der Waals surface area contributed by atoms with Crippen LogP contribution in [0, 0.1) is 10.1 Å². The average Bonchev–Trinajstić information content (AvgIpc) is 3.21. The van der Waals surface area contributed by atoms with E-state index in [-0.39, 0.29) is 17.0 Å². The van der Waals surface area contributed by atoms with E-state index in [1.165, 1.54) is 24.4 Å². The fourth-order valence-corrected chi connectivity index (χ4v) is 3.97. The van der Waals surface area contributed by atoms with Crippen molar-refractivity contribution in [2.75, 3.05) is 0 Å². The molecule has 0 bridgehead atoms. The molecule has 0 radical (unpaired) electrons. The predicted octanol–water partition coefficient (Wildman–Crippen LogP) is 6.77. The number of nitro groups is 1. The first-order valence-electron chi connectivity index (χ1n) is 9.59. The molecule has 1 aromatic heterocycles. The minimum absolute atomic E-state index is 0.0914. The lowest BCUT2D eigenvalue weighted by Gasteiger charge is -2.04. The van der Waals surface area contributed by atoms with E-state index < -0.39 is 4.92 Å². The number of nitrogens with zero attached hydrogens (tertiary/aromatic N) is 3. The van der Waals surface area contributed by atoms with Crippen molar-refractivity contribution in [3.05, 3.63) is 92.9 Å². The van der Waals surface area contributed by atoms with E-state index in [9.17, 15) is 15.2 Å². The van der Waals surface area contributed by atoms with Gasteiger partial charge in [-0.3, -0.25) is 15.1 Å². The first-order chi connectivity index (χ1) is 15.5. The molecule has 8 heteroatoms. The van der Waals surface area contributed by atoms with Gasteiger partial charge in [0.2, 0.25) is 5.89 Å². The third-order valence-corrected chi connectivity index (χ3v) is 5.74. The number of phenolic OH excluding ortho intramolecular Hbond substituents is 1.